The van der Waals surface area contributed by atoms with Crippen molar-refractivity contribution in [2.45, 2.75) is 12.8 Å². The van der Waals surface area contributed by atoms with Gasteiger partial charge in [-0.25, -0.2) is 0 Å². The summed E-state index contributed by atoms with van der Waals surface area (Å²) in [6.07, 6.45) is 5.64. The van der Waals surface area contributed by atoms with E-state index < -0.39 is 0 Å². The third-order valence-corrected chi connectivity index (χ3v) is 1.04. The largest absolute Gasteiger partial charge is 0.392 e. The minimum atomic E-state index is 0.141. The van der Waals surface area contributed by atoms with Gasteiger partial charge in [0.2, 0.25) is 0 Å². The molecule has 0 aliphatic rings. The molecule has 0 heterocycles. The Hall–Kier alpha value is -0.0100. The number of aliphatic hydroxyl groups excluding tert-OH is 1. The van der Waals surface area contributed by atoms with Crippen molar-refractivity contribution in [1.29, 1.82) is 0 Å². The normalized spacial score (nSPS) is 10.8. The minimum Gasteiger partial charge on any atom is -0.392 e. The Morgan fingerprint density at radius 2 is 2.12 bits per heavy atom. The van der Waals surface area contributed by atoms with E-state index in [9.17, 15) is 0 Å². The summed E-state index contributed by atoms with van der Waals surface area (Å²) in [7, 11) is 0. The van der Waals surface area contributed by atoms with Crippen LogP contribution in [0.25, 0.3) is 0 Å². The molecule has 0 aromatic heterocycles. The Morgan fingerprint density at radius 3 is 2.62 bits per heavy atom. The van der Waals surface area contributed by atoms with Gasteiger partial charge in [-0.3, -0.25) is 0 Å². The standard InChI is InChI=1S/C6H11ClO/c7-5-3-1-2-4-6-8/h2,4,8H,1,3,5-6H2/b4-2-. The maximum atomic E-state index is 8.25. The van der Waals surface area contributed by atoms with Crippen molar-refractivity contribution in [3.63, 3.8) is 0 Å². The summed E-state index contributed by atoms with van der Waals surface area (Å²) in [6.45, 7) is 0.141. The average Bonchev–Trinajstić information content (AvgIpc) is 1.81. The van der Waals surface area contributed by atoms with Crippen LogP contribution >= 0.6 is 11.6 Å². The van der Waals surface area contributed by atoms with Crippen LogP contribution in [0.15, 0.2) is 12.2 Å². The van der Waals surface area contributed by atoms with E-state index in [4.69, 9.17) is 16.7 Å². The highest BCUT2D eigenvalue weighted by molar-refractivity contribution is 6.17. The summed E-state index contributed by atoms with van der Waals surface area (Å²) < 4.78 is 0. The number of unbranched alkanes of at least 4 members (excludes halogenated alkanes) is 1. The monoisotopic (exact) mass is 134 g/mol. The van der Waals surface area contributed by atoms with Crippen molar-refractivity contribution >= 4 is 11.6 Å². The molecule has 0 saturated carbocycles. The first-order valence-corrected chi connectivity index (χ1v) is 3.27. The van der Waals surface area contributed by atoms with Gasteiger partial charge in [0.1, 0.15) is 0 Å². The van der Waals surface area contributed by atoms with Gasteiger partial charge in [0, 0.05) is 5.88 Å². The van der Waals surface area contributed by atoms with Gasteiger partial charge in [-0.2, -0.15) is 0 Å². The quantitative estimate of drug-likeness (QED) is 0.352. The zero-order chi connectivity index (χ0) is 6.24. The van der Waals surface area contributed by atoms with Crippen LogP contribution in [0.1, 0.15) is 12.8 Å². The van der Waals surface area contributed by atoms with E-state index in [-0.39, 0.29) is 6.61 Å². The Kier molecular flexibility index (Phi) is 6.98. The molecule has 0 amide bonds. The Labute approximate surface area is 55.0 Å². The number of rotatable bonds is 4. The lowest BCUT2D eigenvalue weighted by Crippen LogP contribution is -1.73. The van der Waals surface area contributed by atoms with E-state index in [0.717, 1.165) is 12.8 Å². The van der Waals surface area contributed by atoms with E-state index in [1.165, 1.54) is 0 Å². The Bertz CT molecular complexity index is 61.5. The van der Waals surface area contributed by atoms with Crippen LogP contribution < -0.4 is 0 Å². The van der Waals surface area contributed by atoms with Crippen molar-refractivity contribution in [1.82, 2.24) is 0 Å². The molecule has 2 heteroatoms. The highest BCUT2D eigenvalue weighted by Gasteiger charge is 1.76. The Morgan fingerprint density at radius 1 is 1.38 bits per heavy atom. The van der Waals surface area contributed by atoms with Gasteiger partial charge >= 0.3 is 0 Å². The summed E-state index contributed by atoms with van der Waals surface area (Å²) in [5.41, 5.74) is 0. The second-order valence-corrected chi connectivity index (χ2v) is 1.86. The zero-order valence-electron chi connectivity index (χ0n) is 4.81. The molecule has 1 N–H and O–H groups in total. The van der Waals surface area contributed by atoms with Gasteiger partial charge in [0.25, 0.3) is 0 Å². The van der Waals surface area contributed by atoms with Crippen LogP contribution in [0.2, 0.25) is 0 Å². The molecule has 48 valence electrons. The third-order valence-electron chi connectivity index (χ3n) is 0.776. The smallest absolute Gasteiger partial charge is 0.0612 e. The van der Waals surface area contributed by atoms with Gasteiger partial charge in [-0.05, 0) is 12.8 Å². The van der Waals surface area contributed by atoms with Crippen LogP contribution in [-0.2, 0) is 0 Å². The molecule has 0 saturated heterocycles. The first-order valence-electron chi connectivity index (χ1n) is 2.73. The maximum absolute atomic E-state index is 8.25. The number of hydrogen-bond donors (Lipinski definition) is 1. The molecule has 0 spiro atoms. The summed E-state index contributed by atoms with van der Waals surface area (Å²) >= 11 is 5.38. The lowest BCUT2D eigenvalue weighted by Gasteiger charge is -1.84. The first kappa shape index (κ1) is 7.99. The van der Waals surface area contributed by atoms with Crippen molar-refractivity contribution in [3.05, 3.63) is 12.2 Å². The molecule has 0 aliphatic heterocycles. The predicted molar refractivity (Wildman–Crippen MR) is 36.2 cm³/mol. The van der Waals surface area contributed by atoms with Crippen LogP contribution in [0.4, 0.5) is 0 Å². The maximum Gasteiger partial charge on any atom is 0.0612 e. The summed E-state index contributed by atoms with van der Waals surface area (Å²) in [5.74, 6) is 0.704. The lowest BCUT2D eigenvalue weighted by molar-refractivity contribution is 0.342. The topological polar surface area (TPSA) is 20.2 Å². The van der Waals surface area contributed by atoms with Crippen molar-refractivity contribution in [3.8, 4) is 0 Å². The fourth-order valence-electron chi connectivity index (χ4n) is 0.387. The van der Waals surface area contributed by atoms with Crippen LogP contribution in [0.3, 0.4) is 0 Å². The van der Waals surface area contributed by atoms with E-state index >= 15 is 0 Å². The van der Waals surface area contributed by atoms with Gasteiger partial charge < -0.3 is 5.11 Å². The average molecular weight is 135 g/mol. The predicted octanol–water partition coefficient (Wildman–Crippen LogP) is 1.55. The van der Waals surface area contributed by atoms with Crippen LogP contribution in [0.5, 0.6) is 0 Å². The summed E-state index contributed by atoms with van der Waals surface area (Å²) in [6, 6.07) is 0. The van der Waals surface area contributed by atoms with Gasteiger partial charge in [-0.15, -0.1) is 11.6 Å². The first-order chi connectivity index (χ1) is 3.91. The highest BCUT2D eigenvalue weighted by atomic mass is 35.5. The second-order valence-electron chi connectivity index (χ2n) is 1.49. The summed E-state index contributed by atoms with van der Waals surface area (Å²) in [4.78, 5) is 0. The van der Waals surface area contributed by atoms with Crippen LogP contribution in [-0.4, -0.2) is 17.6 Å². The molecular formula is C6H11ClO. The molecular weight excluding hydrogens is 124 g/mol. The molecule has 0 unspecified atom stereocenters. The van der Waals surface area contributed by atoms with E-state index in [1.54, 1.807) is 6.08 Å². The molecule has 0 aliphatic carbocycles. The molecule has 0 bridgehead atoms. The number of alkyl halides is 1. The fourth-order valence-corrected chi connectivity index (χ4v) is 0.542. The Balaban J connectivity index is 2.80. The van der Waals surface area contributed by atoms with Crippen molar-refractivity contribution in [2.75, 3.05) is 12.5 Å². The van der Waals surface area contributed by atoms with Crippen molar-refractivity contribution < 1.29 is 5.11 Å². The second kappa shape index (κ2) is 6.99. The minimum absolute atomic E-state index is 0.141. The molecule has 0 aromatic carbocycles. The molecule has 0 atom stereocenters. The number of halogens is 1. The molecule has 1 nitrogen and oxygen atoms in total. The lowest BCUT2D eigenvalue weighted by atomic mass is 10.3. The van der Waals surface area contributed by atoms with Crippen LogP contribution in [0, 0.1) is 0 Å². The number of allylic oxidation sites excluding steroid dienone is 1. The highest BCUT2D eigenvalue weighted by Crippen LogP contribution is 1.91. The fraction of sp³-hybridized carbons (Fsp3) is 0.667. The molecule has 8 heavy (non-hydrogen) atoms. The van der Waals surface area contributed by atoms with E-state index in [0.29, 0.717) is 5.88 Å². The molecule has 0 fully saturated rings. The van der Waals surface area contributed by atoms with Gasteiger partial charge in [0.05, 0.1) is 6.61 Å². The van der Waals surface area contributed by atoms with E-state index in [2.05, 4.69) is 0 Å². The molecule has 0 rings (SSSR count). The van der Waals surface area contributed by atoms with Gasteiger partial charge in [-0.1, -0.05) is 12.2 Å². The SMILES string of the molecule is OC/C=C\CCCCl. The number of aliphatic hydroxyl groups is 1. The summed E-state index contributed by atoms with van der Waals surface area (Å²) in [5, 5.41) is 8.25. The van der Waals surface area contributed by atoms with E-state index in [1.807, 2.05) is 6.08 Å². The van der Waals surface area contributed by atoms with Gasteiger partial charge in [0.15, 0.2) is 0 Å². The number of hydrogen-bond acceptors (Lipinski definition) is 1. The molecule has 0 aromatic rings. The third kappa shape index (κ3) is 5.99. The van der Waals surface area contributed by atoms with Crippen molar-refractivity contribution in [2.24, 2.45) is 0 Å². The zero-order valence-corrected chi connectivity index (χ0v) is 5.56. The molecule has 0 radical (unpaired) electrons.